The van der Waals surface area contributed by atoms with Crippen molar-refractivity contribution in [3.63, 3.8) is 0 Å². The summed E-state index contributed by atoms with van der Waals surface area (Å²) in [6.45, 7) is 15.5. The molecule has 0 saturated carbocycles. The number of hydrogen-bond donors (Lipinski definition) is 0. The third-order valence-electron chi connectivity index (χ3n) is 10.1. The van der Waals surface area contributed by atoms with Crippen molar-refractivity contribution in [2.45, 2.75) is 65.7 Å². The van der Waals surface area contributed by atoms with E-state index < -0.39 is 0 Å². The summed E-state index contributed by atoms with van der Waals surface area (Å²) in [6, 6.07) is 33.8. The number of imidazole rings is 1. The summed E-state index contributed by atoms with van der Waals surface area (Å²) in [6.07, 6.45) is 1.84. The lowest BCUT2D eigenvalue weighted by Gasteiger charge is -2.23. The van der Waals surface area contributed by atoms with Gasteiger partial charge in [-0.15, -0.1) is 0 Å². The molecular formula is C45H40N4O2. The monoisotopic (exact) mass is 668 g/mol. The van der Waals surface area contributed by atoms with E-state index in [9.17, 15) is 0 Å². The first-order chi connectivity index (χ1) is 24.6. The Morgan fingerprint density at radius 2 is 1.39 bits per heavy atom. The Kier molecular flexibility index (Phi) is 6.98. The predicted molar refractivity (Wildman–Crippen MR) is 209 cm³/mol. The van der Waals surface area contributed by atoms with E-state index in [2.05, 4.69) is 143 Å². The van der Waals surface area contributed by atoms with E-state index in [0.717, 1.165) is 89.1 Å². The van der Waals surface area contributed by atoms with Crippen molar-refractivity contribution in [3.05, 3.63) is 120 Å². The van der Waals surface area contributed by atoms with Gasteiger partial charge in [0.05, 0.1) is 28.0 Å². The lowest BCUT2D eigenvalue weighted by Crippen LogP contribution is -2.15. The predicted octanol–water partition coefficient (Wildman–Crippen LogP) is 12.5. The Morgan fingerprint density at radius 3 is 2.20 bits per heavy atom. The molecule has 0 amide bonds. The van der Waals surface area contributed by atoms with Crippen LogP contribution in [0.1, 0.15) is 77.3 Å². The molecule has 0 fully saturated rings. The minimum atomic E-state index is -0.153. The number of aromatic nitrogens is 4. The van der Waals surface area contributed by atoms with Crippen LogP contribution in [0.15, 0.2) is 112 Å². The smallest absolute Gasteiger partial charge is 0.149 e. The molecule has 0 unspecified atom stereocenters. The molecule has 0 radical (unpaired) electrons. The van der Waals surface area contributed by atoms with Crippen LogP contribution in [-0.2, 0) is 5.41 Å². The largest absolute Gasteiger partial charge is 0.456 e. The fourth-order valence-electron chi connectivity index (χ4n) is 7.57. The maximum absolute atomic E-state index is 6.83. The molecule has 0 N–H and O–H groups in total. The van der Waals surface area contributed by atoms with Crippen molar-refractivity contribution in [1.82, 2.24) is 19.5 Å². The lowest BCUT2D eigenvalue weighted by atomic mass is 9.89. The molecule has 0 spiro atoms. The van der Waals surface area contributed by atoms with E-state index in [0.29, 0.717) is 0 Å². The second-order valence-electron chi connectivity index (χ2n) is 15.3. The van der Waals surface area contributed by atoms with Crippen LogP contribution in [0.5, 0.6) is 0 Å². The highest BCUT2D eigenvalue weighted by Gasteiger charge is 2.28. The zero-order chi connectivity index (χ0) is 35.2. The van der Waals surface area contributed by atoms with Crippen LogP contribution in [0.4, 0.5) is 0 Å². The first-order valence-electron chi connectivity index (χ1n) is 17.8. The van der Waals surface area contributed by atoms with Crippen molar-refractivity contribution in [1.29, 1.82) is 0 Å². The van der Waals surface area contributed by atoms with Gasteiger partial charge >= 0.3 is 0 Å². The minimum absolute atomic E-state index is 0.153. The van der Waals surface area contributed by atoms with Crippen molar-refractivity contribution in [2.75, 3.05) is 0 Å². The van der Waals surface area contributed by atoms with E-state index in [1.165, 1.54) is 11.1 Å². The second kappa shape index (κ2) is 11.4. The van der Waals surface area contributed by atoms with Gasteiger partial charge in [-0.2, -0.15) is 0 Å². The molecule has 51 heavy (non-hydrogen) atoms. The van der Waals surface area contributed by atoms with Gasteiger partial charge < -0.3 is 8.83 Å². The van der Waals surface area contributed by atoms with Gasteiger partial charge in [0.2, 0.25) is 0 Å². The van der Waals surface area contributed by atoms with Gasteiger partial charge in [-0.25, -0.2) is 15.0 Å². The Labute approximate surface area is 296 Å². The molecule has 0 aliphatic heterocycles. The summed E-state index contributed by atoms with van der Waals surface area (Å²) in [5.41, 5.74) is 11.6. The van der Waals surface area contributed by atoms with Crippen LogP contribution in [0.25, 0.3) is 83.2 Å². The van der Waals surface area contributed by atoms with Gasteiger partial charge in [0.25, 0.3) is 0 Å². The normalized spacial score (nSPS) is 12.6. The Morgan fingerprint density at radius 1 is 0.647 bits per heavy atom. The molecule has 4 aromatic heterocycles. The van der Waals surface area contributed by atoms with E-state index in [1.807, 2.05) is 18.3 Å². The van der Waals surface area contributed by atoms with Crippen molar-refractivity contribution >= 4 is 54.9 Å². The fraction of sp³-hybridized carbons (Fsp3) is 0.222. The van der Waals surface area contributed by atoms with Crippen LogP contribution in [0.3, 0.4) is 0 Å². The lowest BCUT2D eigenvalue weighted by molar-refractivity contribution is 0.546. The summed E-state index contributed by atoms with van der Waals surface area (Å²) in [7, 11) is 0. The molecule has 0 saturated heterocycles. The van der Waals surface area contributed by atoms with E-state index >= 15 is 0 Å². The molecule has 0 atom stereocenters. The van der Waals surface area contributed by atoms with Gasteiger partial charge in [0, 0.05) is 44.3 Å². The van der Waals surface area contributed by atoms with Crippen LogP contribution >= 0.6 is 0 Å². The molecule has 9 rings (SSSR count). The summed E-state index contributed by atoms with van der Waals surface area (Å²) in [5.74, 6) is 2.07. The number of fused-ring (bicyclic) bond motifs is 7. The van der Waals surface area contributed by atoms with Crippen molar-refractivity contribution in [2.24, 2.45) is 0 Å². The van der Waals surface area contributed by atoms with Crippen LogP contribution < -0.4 is 0 Å². The zero-order valence-electron chi connectivity index (χ0n) is 30.1. The maximum Gasteiger partial charge on any atom is 0.149 e. The summed E-state index contributed by atoms with van der Waals surface area (Å²) < 4.78 is 15.9. The average Bonchev–Trinajstić information content (AvgIpc) is 3.81. The number of furan rings is 2. The molecule has 6 heteroatoms. The molecule has 0 bridgehead atoms. The summed E-state index contributed by atoms with van der Waals surface area (Å²) >= 11 is 0. The molecule has 6 nitrogen and oxygen atoms in total. The van der Waals surface area contributed by atoms with Crippen LogP contribution in [0.2, 0.25) is 0 Å². The second-order valence-corrected chi connectivity index (χ2v) is 15.3. The Hall–Kier alpha value is -5.75. The number of hydrogen-bond acceptors (Lipinski definition) is 5. The van der Waals surface area contributed by atoms with Crippen molar-refractivity contribution < 1.29 is 8.83 Å². The number of para-hydroxylation sites is 4. The molecular weight excluding hydrogens is 629 g/mol. The maximum atomic E-state index is 6.83. The quantitative estimate of drug-likeness (QED) is 0.182. The third kappa shape index (κ3) is 4.88. The molecule has 5 aromatic carbocycles. The average molecular weight is 669 g/mol. The van der Waals surface area contributed by atoms with E-state index in [-0.39, 0.29) is 17.3 Å². The zero-order valence-corrected chi connectivity index (χ0v) is 30.1. The van der Waals surface area contributed by atoms with Crippen molar-refractivity contribution in [3.8, 4) is 28.3 Å². The highest BCUT2D eigenvalue weighted by Crippen LogP contribution is 2.45. The molecule has 9 aromatic rings. The number of nitrogens with zero attached hydrogens (tertiary/aromatic N) is 4. The van der Waals surface area contributed by atoms with E-state index in [4.69, 9.17) is 18.8 Å². The molecule has 0 aliphatic carbocycles. The summed E-state index contributed by atoms with van der Waals surface area (Å²) in [5, 5.41) is 4.40. The molecule has 0 aliphatic rings. The third-order valence-corrected chi connectivity index (χ3v) is 10.1. The molecule has 4 heterocycles. The Balaban J connectivity index is 1.33. The SMILES string of the molecule is CC(C)c1cc2c(oc3ccccc32)c(C(C)C)c1-n1c(-c2cccc3c2oc2cc(-c4ccnc(C(C)(C)C)n4)ccc23)nc2ccccc21. The molecule has 252 valence electrons. The fourth-order valence-corrected chi connectivity index (χ4v) is 7.57. The number of benzene rings is 5. The standard InChI is InChI=1S/C45H40N4O2/c1-25(2)32-24-33-28-13-8-11-18-37(28)50-42(33)39(26(3)4)40(32)49-36-17-10-9-16-35(36)47-43(49)31-15-12-14-30-29-20-19-27(23-38(29)51-41(30)31)34-21-22-46-44(48-34)45(5,6)7/h8-26H,1-7H3. The summed E-state index contributed by atoms with van der Waals surface area (Å²) in [4.78, 5) is 14.8. The highest BCUT2D eigenvalue weighted by atomic mass is 16.3. The van der Waals surface area contributed by atoms with Gasteiger partial charge in [0.1, 0.15) is 34.0 Å². The van der Waals surface area contributed by atoms with Gasteiger partial charge in [-0.3, -0.25) is 4.57 Å². The first kappa shape index (κ1) is 31.2. The van der Waals surface area contributed by atoms with Crippen LogP contribution in [-0.4, -0.2) is 19.5 Å². The van der Waals surface area contributed by atoms with E-state index in [1.54, 1.807) is 0 Å². The minimum Gasteiger partial charge on any atom is -0.456 e. The highest BCUT2D eigenvalue weighted by molar-refractivity contribution is 6.11. The topological polar surface area (TPSA) is 69.9 Å². The van der Waals surface area contributed by atoms with Gasteiger partial charge in [-0.05, 0) is 65.9 Å². The van der Waals surface area contributed by atoms with Crippen LogP contribution in [0, 0.1) is 0 Å². The number of rotatable bonds is 5. The Bertz CT molecular complexity index is 2810. The van der Waals surface area contributed by atoms with Gasteiger partial charge in [-0.1, -0.05) is 97.0 Å². The van der Waals surface area contributed by atoms with Gasteiger partial charge in [0.15, 0.2) is 0 Å². The first-order valence-corrected chi connectivity index (χ1v) is 17.8.